The lowest BCUT2D eigenvalue weighted by Crippen LogP contribution is -2.45. The van der Waals surface area contributed by atoms with Gasteiger partial charge in [0.15, 0.2) is 9.84 Å². The number of rotatable bonds is 2. The summed E-state index contributed by atoms with van der Waals surface area (Å²) in [6.45, 7) is -0.335. The second-order valence-corrected chi connectivity index (χ2v) is 5.59. The number of likely N-dealkylation sites (tertiary alicyclic amines) is 1. The summed E-state index contributed by atoms with van der Waals surface area (Å²) < 4.78 is 22.4. The van der Waals surface area contributed by atoms with Gasteiger partial charge in [0.2, 0.25) is 0 Å². The van der Waals surface area contributed by atoms with Crippen molar-refractivity contribution in [3.05, 3.63) is 0 Å². The Bertz CT molecular complexity index is 325. The first kappa shape index (κ1) is 11.3. The summed E-state index contributed by atoms with van der Waals surface area (Å²) in [5.41, 5.74) is 0. The molecule has 2 atom stereocenters. The van der Waals surface area contributed by atoms with Crippen molar-refractivity contribution in [1.29, 1.82) is 0 Å². The third kappa shape index (κ3) is 1.98. The van der Waals surface area contributed by atoms with Crippen molar-refractivity contribution in [3.63, 3.8) is 0 Å². The van der Waals surface area contributed by atoms with Crippen molar-refractivity contribution in [2.75, 3.05) is 12.9 Å². The molecule has 1 fully saturated rings. The first-order chi connectivity index (χ1) is 6.38. The number of aliphatic hydroxyl groups is 1. The Morgan fingerprint density at radius 3 is 2.43 bits per heavy atom. The van der Waals surface area contributed by atoms with Gasteiger partial charge < -0.3 is 10.2 Å². The van der Waals surface area contributed by atoms with Gasteiger partial charge in [-0.2, -0.15) is 0 Å². The molecule has 0 aromatic rings. The first-order valence-corrected chi connectivity index (χ1v) is 6.14. The highest BCUT2D eigenvalue weighted by atomic mass is 32.2. The summed E-state index contributed by atoms with van der Waals surface area (Å²) >= 11 is 0. The smallest absolute Gasteiger partial charge is 0.408 e. The second-order valence-electron chi connectivity index (χ2n) is 3.39. The molecule has 1 aliphatic rings. The lowest BCUT2D eigenvalue weighted by atomic mass is 10.2. The predicted octanol–water partition coefficient (Wildman–Crippen LogP) is -0.508. The average molecular weight is 223 g/mol. The minimum atomic E-state index is -3.41. The van der Waals surface area contributed by atoms with E-state index in [9.17, 15) is 13.2 Å². The van der Waals surface area contributed by atoms with E-state index in [-0.39, 0.29) is 13.0 Å². The van der Waals surface area contributed by atoms with Crippen LogP contribution in [0.15, 0.2) is 0 Å². The maximum Gasteiger partial charge on any atom is 0.408 e. The Labute approximate surface area is 82.1 Å². The van der Waals surface area contributed by atoms with Crippen molar-refractivity contribution < 1.29 is 23.4 Å². The van der Waals surface area contributed by atoms with Crippen LogP contribution in [0, 0.1) is 0 Å². The number of carbonyl (C=O) groups is 1. The Balaban J connectivity index is 2.95. The third-order valence-electron chi connectivity index (χ3n) is 2.38. The molecule has 2 N–H and O–H groups in total. The van der Waals surface area contributed by atoms with E-state index in [2.05, 4.69) is 0 Å². The zero-order valence-corrected chi connectivity index (χ0v) is 8.57. The Kier molecular flexibility index (Phi) is 3.01. The first-order valence-electron chi connectivity index (χ1n) is 4.19. The highest BCUT2D eigenvalue weighted by Gasteiger charge is 2.41. The topological polar surface area (TPSA) is 94.9 Å². The van der Waals surface area contributed by atoms with Gasteiger partial charge in [0, 0.05) is 6.26 Å². The minimum Gasteiger partial charge on any atom is -0.465 e. The van der Waals surface area contributed by atoms with Gasteiger partial charge in [-0.15, -0.1) is 0 Å². The number of sulfone groups is 1. The number of hydrogen-bond donors (Lipinski definition) is 2. The van der Waals surface area contributed by atoms with Crippen molar-refractivity contribution in [2.45, 2.75) is 24.3 Å². The molecule has 0 spiro atoms. The van der Waals surface area contributed by atoms with Gasteiger partial charge in [-0.05, 0) is 12.8 Å². The van der Waals surface area contributed by atoms with Gasteiger partial charge in [-0.3, -0.25) is 4.90 Å². The van der Waals surface area contributed by atoms with E-state index in [0.29, 0.717) is 6.42 Å². The lowest BCUT2D eigenvalue weighted by Gasteiger charge is -2.24. The number of aliphatic hydroxyl groups excluding tert-OH is 1. The van der Waals surface area contributed by atoms with Crippen LogP contribution in [0.4, 0.5) is 4.79 Å². The summed E-state index contributed by atoms with van der Waals surface area (Å²) in [7, 11) is -3.41. The summed E-state index contributed by atoms with van der Waals surface area (Å²) in [6.07, 6.45) is 0.363. The fraction of sp³-hybridized carbons (Fsp3) is 0.857. The number of amides is 1. The molecule has 1 aliphatic heterocycles. The Morgan fingerprint density at radius 2 is 2.07 bits per heavy atom. The lowest BCUT2D eigenvalue weighted by molar-refractivity contribution is 0.112. The standard InChI is InChI=1S/C7H13NO5S/c1-14(12,13)6-3-2-5(4-9)8(6)7(10)11/h5-6,9H,2-4H2,1H3,(H,10,11)/t5-,6+/m1/s1. The highest BCUT2D eigenvalue weighted by molar-refractivity contribution is 7.91. The van der Waals surface area contributed by atoms with Gasteiger partial charge in [0.25, 0.3) is 0 Å². The molecular weight excluding hydrogens is 210 g/mol. The molecule has 0 aromatic heterocycles. The molecule has 1 saturated heterocycles. The zero-order valence-electron chi connectivity index (χ0n) is 7.75. The van der Waals surface area contributed by atoms with Gasteiger partial charge in [-0.25, -0.2) is 13.2 Å². The molecule has 1 heterocycles. The minimum absolute atomic E-state index is 0.260. The molecule has 82 valence electrons. The molecule has 14 heavy (non-hydrogen) atoms. The van der Waals surface area contributed by atoms with E-state index in [1.807, 2.05) is 0 Å². The van der Waals surface area contributed by atoms with E-state index in [1.54, 1.807) is 0 Å². The van der Waals surface area contributed by atoms with Gasteiger partial charge >= 0.3 is 6.09 Å². The molecule has 1 amide bonds. The molecule has 0 saturated carbocycles. The third-order valence-corrected chi connectivity index (χ3v) is 3.83. The van der Waals surface area contributed by atoms with Crippen LogP contribution in [0.3, 0.4) is 0 Å². The van der Waals surface area contributed by atoms with Crippen LogP contribution in [0.5, 0.6) is 0 Å². The Morgan fingerprint density at radius 1 is 1.50 bits per heavy atom. The number of hydrogen-bond acceptors (Lipinski definition) is 4. The maximum absolute atomic E-state index is 11.2. The zero-order chi connectivity index (χ0) is 10.9. The van der Waals surface area contributed by atoms with Crippen LogP contribution >= 0.6 is 0 Å². The quantitative estimate of drug-likeness (QED) is 0.657. The molecule has 0 aliphatic carbocycles. The predicted molar refractivity (Wildman–Crippen MR) is 48.6 cm³/mol. The Hall–Kier alpha value is -0.820. The van der Waals surface area contributed by atoms with E-state index in [0.717, 1.165) is 11.2 Å². The summed E-state index contributed by atoms with van der Waals surface area (Å²) in [5.74, 6) is 0. The molecule has 0 radical (unpaired) electrons. The SMILES string of the molecule is CS(=O)(=O)[C@H]1CC[C@H](CO)N1C(=O)O. The molecule has 0 bridgehead atoms. The van der Waals surface area contributed by atoms with Crippen LogP contribution in [0.25, 0.3) is 0 Å². The normalized spacial score (nSPS) is 28.0. The monoisotopic (exact) mass is 223 g/mol. The fourth-order valence-corrected chi connectivity index (χ4v) is 2.97. The van der Waals surface area contributed by atoms with Crippen LogP contribution in [-0.2, 0) is 9.84 Å². The second kappa shape index (κ2) is 3.74. The maximum atomic E-state index is 11.2. The van der Waals surface area contributed by atoms with Crippen LogP contribution in [0.1, 0.15) is 12.8 Å². The summed E-state index contributed by atoms with van der Waals surface area (Å²) in [5, 5.41) is 16.7. The highest BCUT2D eigenvalue weighted by Crippen LogP contribution is 2.27. The van der Waals surface area contributed by atoms with E-state index in [1.165, 1.54) is 0 Å². The average Bonchev–Trinajstić information content (AvgIpc) is 2.45. The van der Waals surface area contributed by atoms with Crippen LogP contribution in [-0.4, -0.2) is 53.9 Å². The molecule has 6 nitrogen and oxygen atoms in total. The van der Waals surface area contributed by atoms with Crippen LogP contribution in [0.2, 0.25) is 0 Å². The largest absolute Gasteiger partial charge is 0.465 e. The van der Waals surface area contributed by atoms with Crippen molar-refractivity contribution in [3.8, 4) is 0 Å². The molecule has 0 aromatic carbocycles. The fourth-order valence-electron chi connectivity index (χ4n) is 1.73. The van der Waals surface area contributed by atoms with Crippen molar-refractivity contribution in [2.24, 2.45) is 0 Å². The summed E-state index contributed by atoms with van der Waals surface area (Å²) in [6, 6.07) is -0.591. The van der Waals surface area contributed by atoms with Crippen molar-refractivity contribution >= 4 is 15.9 Å². The van der Waals surface area contributed by atoms with Crippen molar-refractivity contribution in [1.82, 2.24) is 4.90 Å². The van der Waals surface area contributed by atoms with E-state index < -0.39 is 27.3 Å². The number of nitrogens with zero attached hydrogens (tertiary/aromatic N) is 1. The van der Waals surface area contributed by atoms with E-state index >= 15 is 0 Å². The molecular formula is C7H13NO5S. The molecule has 0 unspecified atom stereocenters. The molecule has 7 heteroatoms. The number of carboxylic acid groups (broad SMARTS) is 1. The van der Waals surface area contributed by atoms with E-state index in [4.69, 9.17) is 10.2 Å². The molecule has 1 rings (SSSR count). The summed E-state index contributed by atoms with van der Waals surface area (Å²) in [4.78, 5) is 11.6. The van der Waals surface area contributed by atoms with Gasteiger partial charge in [-0.1, -0.05) is 0 Å². The van der Waals surface area contributed by atoms with Gasteiger partial charge in [0.05, 0.1) is 12.6 Å². The van der Waals surface area contributed by atoms with Gasteiger partial charge in [0.1, 0.15) is 5.37 Å². The van der Waals surface area contributed by atoms with Crippen LogP contribution < -0.4 is 0 Å².